The van der Waals surface area contributed by atoms with Crippen LogP contribution in [0.3, 0.4) is 0 Å². The van der Waals surface area contributed by atoms with Gasteiger partial charge in [0.25, 0.3) is 0 Å². The van der Waals surface area contributed by atoms with Crippen LogP contribution in [0.5, 0.6) is 0 Å². The predicted octanol–water partition coefficient (Wildman–Crippen LogP) is 0.977. The molecule has 0 aromatic carbocycles. The average Bonchev–Trinajstić information content (AvgIpc) is 2.98. The van der Waals surface area contributed by atoms with Crippen molar-refractivity contribution in [1.82, 2.24) is 15.5 Å². The number of carbonyl (C=O) groups excluding carboxylic acids is 1. The summed E-state index contributed by atoms with van der Waals surface area (Å²) in [6.45, 7) is 5.68. The van der Waals surface area contributed by atoms with E-state index in [1.807, 2.05) is 0 Å². The minimum atomic E-state index is 0.266. The zero-order valence-electron chi connectivity index (χ0n) is 11.9. The van der Waals surface area contributed by atoms with Crippen LogP contribution in [0, 0.1) is 11.8 Å². The van der Waals surface area contributed by atoms with Crippen LogP contribution in [0.2, 0.25) is 0 Å². The summed E-state index contributed by atoms with van der Waals surface area (Å²) < 4.78 is 0. The van der Waals surface area contributed by atoms with E-state index in [4.69, 9.17) is 0 Å². The number of likely N-dealkylation sites (tertiary alicyclic amines) is 1. The van der Waals surface area contributed by atoms with Gasteiger partial charge in [-0.3, -0.25) is 4.79 Å². The van der Waals surface area contributed by atoms with Crippen LogP contribution in [0.1, 0.15) is 38.5 Å². The molecule has 2 atom stereocenters. The largest absolute Gasteiger partial charge is 0.353 e. The van der Waals surface area contributed by atoms with Crippen molar-refractivity contribution in [2.45, 2.75) is 44.6 Å². The SMILES string of the molecule is O=C(CCN1C[C@H]2CNC[C@H]2C1)NC1CCCCC1. The van der Waals surface area contributed by atoms with Crippen LogP contribution in [0.4, 0.5) is 0 Å². The van der Waals surface area contributed by atoms with Crippen LogP contribution < -0.4 is 10.6 Å². The first-order valence-electron chi connectivity index (χ1n) is 8.03. The Labute approximate surface area is 116 Å². The molecule has 0 unspecified atom stereocenters. The summed E-state index contributed by atoms with van der Waals surface area (Å²) in [6, 6.07) is 0.461. The molecule has 0 radical (unpaired) electrons. The third kappa shape index (κ3) is 3.48. The molecule has 0 bridgehead atoms. The standard InChI is InChI=1S/C15H27N3O/c19-15(17-14-4-2-1-3-5-14)6-7-18-10-12-8-16-9-13(12)11-18/h12-14,16H,1-11H2,(H,17,19)/t12-,13+. The zero-order chi connectivity index (χ0) is 13.1. The Kier molecular flexibility index (Phi) is 4.38. The van der Waals surface area contributed by atoms with E-state index in [9.17, 15) is 4.79 Å². The average molecular weight is 265 g/mol. The van der Waals surface area contributed by atoms with Gasteiger partial charge >= 0.3 is 0 Å². The lowest BCUT2D eigenvalue weighted by Gasteiger charge is -2.23. The van der Waals surface area contributed by atoms with Crippen molar-refractivity contribution in [3.8, 4) is 0 Å². The first-order valence-corrected chi connectivity index (χ1v) is 8.03. The maximum atomic E-state index is 12.0. The molecule has 2 heterocycles. The van der Waals surface area contributed by atoms with E-state index < -0.39 is 0 Å². The molecule has 3 rings (SSSR count). The molecular weight excluding hydrogens is 238 g/mol. The molecule has 1 saturated carbocycles. The molecule has 4 heteroatoms. The molecule has 1 aliphatic carbocycles. The van der Waals surface area contributed by atoms with Crippen molar-refractivity contribution in [2.24, 2.45) is 11.8 Å². The van der Waals surface area contributed by atoms with Gasteiger partial charge in [0.05, 0.1) is 0 Å². The quantitative estimate of drug-likeness (QED) is 0.796. The fourth-order valence-electron chi connectivity index (χ4n) is 3.94. The van der Waals surface area contributed by atoms with Crippen molar-refractivity contribution in [2.75, 3.05) is 32.7 Å². The maximum Gasteiger partial charge on any atom is 0.221 e. The van der Waals surface area contributed by atoms with Crippen LogP contribution in [0.25, 0.3) is 0 Å². The number of rotatable bonds is 4. The van der Waals surface area contributed by atoms with E-state index in [1.165, 1.54) is 58.3 Å². The van der Waals surface area contributed by atoms with E-state index in [0.717, 1.165) is 18.4 Å². The summed E-state index contributed by atoms with van der Waals surface area (Å²) in [5.41, 5.74) is 0. The molecule has 108 valence electrons. The Bertz CT molecular complexity index is 303. The topological polar surface area (TPSA) is 44.4 Å². The Morgan fingerprint density at radius 2 is 1.79 bits per heavy atom. The van der Waals surface area contributed by atoms with Gasteiger partial charge in [-0.2, -0.15) is 0 Å². The van der Waals surface area contributed by atoms with Gasteiger partial charge in [-0.25, -0.2) is 0 Å². The highest BCUT2D eigenvalue weighted by Gasteiger charge is 2.35. The fourth-order valence-corrected chi connectivity index (χ4v) is 3.94. The lowest BCUT2D eigenvalue weighted by Crippen LogP contribution is -2.38. The smallest absolute Gasteiger partial charge is 0.221 e. The van der Waals surface area contributed by atoms with Gasteiger partial charge < -0.3 is 15.5 Å². The Morgan fingerprint density at radius 1 is 1.11 bits per heavy atom. The summed E-state index contributed by atoms with van der Waals surface area (Å²) in [7, 11) is 0. The predicted molar refractivity (Wildman–Crippen MR) is 75.9 cm³/mol. The first kappa shape index (κ1) is 13.4. The van der Waals surface area contributed by atoms with Crippen LogP contribution in [0.15, 0.2) is 0 Å². The van der Waals surface area contributed by atoms with Gasteiger partial charge in [-0.05, 0) is 37.8 Å². The molecule has 0 aromatic heterocycles. The lowest BCUT2D eigenvalue weighted by atomic mass is 9.95. The molecule has 2 saturated heterocycles. The Hall–Kier alpha value is -0.610. The number of amides is 1. The van der Waals surface area contributed by atoms with Crippen LogP contribution in [-0.2, 0) is 4.79 Å². The van der Waals surface area contributed by atoms with Gasteiger partial charge in [0.15, 0.2) is 0 Å². The summed E-state index contributed by atoms with van der Waals surface area (Å²) in [4.78, 5) is 14.4. The van der Waals surface area contributed by atoms with Crippen molar-refractivity contribution in [3.05, 3.63) is 0 Å². The Morgan fingerprint density at radius 3 is 2.47 bits per heavy atom. The molecular formula is C15H27N3O. The minimum Gasteiger partial charge on any atom is -0.353 e. The number of nitrogens with zero attached hydrogens (tertiary/aromatic N) is 1. The zero-order valence-corrected chi connectivity index (χ0v) is 11.9. The molecule has 19 heavy (non-hydrogen) atoms. The molecule has 0 aromatic rings. The van der Waals surface area contributed by atoms with Crippen LogP contribution in [-0.4, -0.2) is 49.6 Å². The maximum absolute atomic E-state index is 12.0. The van der Waals surface area contributed by atoms with Crippen molar-refractivity contribution in [3.63, 3.8) is 0 Å². The monoisotopic (exact) mass is 265 g/mol. The van der Waals surface area contributed by atoms with E-state index in [1.54, 1.807) is 0 Å². The summed E-state index contributed by atoms with van der Waals surface area (Å²) in [5.74, 6) is 1.94. The molecule has 2 N–H and O–H groups in total. The highest BCUT2D eigenvalue weighted by Crippen LogP contribution is 2.26. The third-order valence-electron chi connectivity index (χ3n) is 5.09. The van der Waals surface area contributed by atoms with Gasteiger partial charge in [-0.1, -0.05) is 19.3 Å². The highest BCUT2D eigenvalue weighted by molar-refractivity contribution is 5.76. The van der Waals surface area contributed by atoms with E-state index in [-0.39, 0.29) is 5.91 Å². The second-order valence-corrected chi connectivity index (χ2v) is 6.59. The third-order valence-corrected chi connectivity index (χ3v) is 5.09. The normalized spacial score (nSPS) is 32.4. The first-order chi connectivity index (χ1) is 9.31. The number of fused-ring (bicyclic) bond motifs is 1. The highest BCUT2D eigenvalue weighted by atomic mass is 16.1. The molecule has 3 fully saturated rings. The molecule has 2 aliphatic heterocycles. The number of nitrogens with one attached hydrogen (secondary N) is 2. The molecule has 4 nitrogen and oxygen atoms in total. The second kappa shape index (κ2) is 6.23. The number of hydrogen-bond donors (Lipinski definition) is 2. The summed E-state index contributed by atoms with van der Waals surface area (Å²) in [6.07, 6.45) is 6.97. The van der Waals surface area contributed by atoms with E-state index in [0.29, 0.717) is 12.5 Å². The fraction of sp³-hybridized carbons (Fsp3) is 0.933. The molecule has 1 amide bonds. The Balaban J connectivity index is 1.34. The van der Waals surface area contributed by atoms with Gasteiger partial charge in [0.2, 0.25) is 5.91 Å². The van der Waals surface area contributed by atoms with Crippen molar-refractivity contribution < 1.29 is 4.79 Å². The van der Waals surface area contributed by atoms with Crippen molar-refractivity contribution in [1.29, 1.82) is 0 Å². The number of hydrogen-bond acceptors (Lipinski definition) is 3. The number of carbonyl (C=O) groups is 1. The summed E-state index contributed by atoms with van der Waals surface area (Å²) >= 11 is 0. The van der Waals surface area contributed by atoms with Gasteiger partial charge in [0.1, 0.15) is 0 Å². The van der Waals surface area contributed by atoms with E-state index >= 15 is 0 Å². The minimum absolute atomic E-state index is 0.266. The van der Waals surface area contributed by atoms with Crippen molar-refractivity contribution >= 4 is 5.91 Å². The van der Waals surface area contributed by atoms with Gasteiger partial charge in [0, 0.05) is 32.1 Å². The lowest BCUT2D eigenvalue weighted by molar-refractivity contribution is -0.122. The second-order valence-electron chi connectivity index (χ2n) is 6.59. The van der Waals surface area contributed by atoms with Gasteiger partial charge in [-0.15, -0.1) is 0 Å². The summed E-state index contributed by atoms with van der Waals surface area (Å²) in [5, 5.41) is 6.67. The molecule has 0 spiro atoms. The van der Waals surface area contributed by atoms with E-state index in [2.05, 4.69) is 15.5 Å². The molecule has 3 aliphatic rings. The van der Waals surface area contributed by atoms with Crippen LogP contribution >= 0.6 is 0 Å².